The van der Waals surface area contributed by atoms with E-state index in [1.807, 2.05) is 6.92 Å². The molecule has 2 atom stereocenters. The molecule has 7 heteroatoms. The molecule has 0 saturated heterocycles. The van der Waals surface area contributed by atoms with E-state index >= 15 is 0 Å². The molecule has 2 unspecified atom stereocenters. The van der Waals surface area contributed by atoms with E-state index in [0.29, 0.717) is 19.4 Å². The minimum atomic E-state index is -4.18. The number of hydrogen-bond donors (Lipinski definition) is 2. The van der Waals surface area contributed by atoms with Crippen LogP contribution in [-0.2, 0) is 0 Å². The zero-order valence-corrected chi connectivity index (χ0v) is 11.7. The average Bonchev–Trinajstić information content (AvgIpc) is 2.38. The van der Waals surface area contributed by atoms with Gasteiger partial charge in [0.25, 0.3) is 0 Å². The predicted octanol–water partition coefficient (Wildman–Crippen LogP) is 2.52. The molecule has 0 aliphatic heterocycles. The van der Waals surface area contributed by atoms with Gasteiger partial charge in [-0.25, -0.2) is 4.79 Å². The molecule has 0 bridgehead atoms. The first-order valence-electron chi connectivity index (χ1n) is 7.11. The Morgan fingerprint density at radius 2 is 2.05 bits per heavy atom. The summed E-state index contributed by atoms with van der Waals surface area (Å²) in [5.41, 5.74) is 0. The third-order valence-corrected chi connectivity index (χ3v) is 3.62. The molecule has 0 spiro atoms. The molecule has 2 amide bonds. The fourth-order valence-electron chi connectivity index (χ4n) is 2.59. The molecule has 1 fully saturated rings. The summed E-state index contributed by atoms with van der Waals surface area (Å²) in [6.45, 7) is 2.44. The Morgan fingerprint density at radius 1 is 1.35 bits per heavy atom. The van der Waals surface area contributed by atoms with Gasteiger partial charge in [0.1, 0.15) is 0 Å². The largest absolute Gasteiger partial charge is 0.395 e. The molecule has 4 nitrogen and oxygen atoms in total. The number of alkyl halides is 3. The smallest absolute Gasteiger partial charge is 0.391 e. The number of nitrogens with zero attached hydrogens (tertiary/aromatic N) is 1. The zero-order valence-electron chi connectivity index (χ0n) is 11.7. The fourth-order valence-corrected chi connectivity index (χ4v) is 2.59. The van der Waals surface area contributed by atoms with E-state index in [2.05, 4.69) is 5.32 Å². The van der Waals surface area contributed by atoms with Crippen LogP contribution >= 0.6 is 0 Å². The van der Waals surface area contributed by atoms with Gasteiger partial charge in [-0.05, 0) is 25.7 Å². The molecule has 20 heavy (non-hydrogen) atoms. The summed E-state index contributed by atoms with van der Waals surface area (Å²) in [4.78, 5) is 13.4. The summed E-state index contributed by atoms with van der Waals surface area (Å²) < 4.78 is 38.1. The molecule has 1 aliphatic carbocycles. The van der Waals surface area contributed by atoms with Gasteiger partial charge in [0.15, 0.2) is 0 Å². The van der Waals surface area contributed by atoms with Crippen molar-refractivity contribution in [3.63, 3.8) is 0 Å². The van der Waals surface area contributed by atoms with Crippen LogP contribution in [0.4, 0.5) is 18.0 Å². The minimum Gasteiger partial charge on any atom is -0.395 e. The maximum Gasteiger partial charge on any atom is 0.391 e. The van der Waals surface area contributed by atoms with Crippen molar-refractivity contribution in [2.45, 2.75) is 51.2 Å². The number of aliphatic hydroxyl groups excluding tert-OH is 1. The third-order valence-electron chi connectivity index (χ3n) is 3.62. The quantitative estimate of drug-likeness (QED) is 0.819. The van der Waals surface area contributed by atoms with Gasteiger partial charge in [-0.1, -0.05) is 13.3 Å². The molecule has 0 aromatic heterocycles. The van der Waals surface area contributed by atoms with Crippen molar-refractivity contribution in [3.8, 4) is 0 Å². The maximum absolute atomic E-state index is 12.7. The Labute approximate surface area is 117 Å². The lowest BCUT2D eigenvalue weighted by Gasteiger charge is -2.32. The van der Waals surface area contributed by atoms with Crippen LogP contribution in [0.3, 0.4) is 0 Å². The van der Waals surface area contributed by atoms with Crippen molar-refractivity contribution in [3.05, 3.63) is 0 Å². The lowest BCUT2D eigenvalue weighted by atomic mass is 9.85. The highest BCUT2D eigenvalue weighted by molar-refractivity contribution is 5.74. The summed E-state index contributed by atoms with van der Waals surface area (Å²) >= 11 is 0. The van der Waals surface area contributed by atoms with E-state index in [1.165, 1.54) is 4.90 Å². The van der Waals surface area contributed by atoms with Crippen molar-refractivity contribution < 1.29 is 23.1 Å². The van der Waals surface area contributed by atoms with E-state index < -0.39 is 18.1 Å². The molecular formula is C13H23F3N2O2. The van der Waals surface area contributed by atoms with Crippen LogP contribution in [0.15, 0.2) is 0 Å². The summed E-state index contributed by atoms with van der Waals surface area (Å²) in [6.07, 6.45) is -2.29. The van der Waals surface area contributed by atoms with Crippen LogP contribution in [0, 0.1) is 5.92 Å². The van der Waals surface area contributed by atoms with Gasteiger partial charge in [0.05, 0.1) is 12.5 Å². The summed E-state index contributed by atoms with van der Waals surface area (Å²) in [7, 11) is 0. The first-order valence-corrected chi connectivity index (χ1v) is 7.11. The Balaban J connectivity index is 2.51. The van der Waals surface area contributed by atoms with Crippen LogP contribution in [-0.4, -0.2) is 48.0 Å². The number of amides is 2. The number of halogens is 3. The van der Waals surface area contributed by atoms with Gasteiger partial charge < -0.3 is 15.3 Å². The Kier molecular flexibility index (Phi) is 6.58. The number of nitrogens with one attached hydrogen (secondary N) is 1. The second kappa shape index (κ2) is 7.71. The SMILES string of the molecule is CCCN(CCO)C(=O)NC1CCCC(C(F)(F)F)C1. The third kappa shape index (κ3) is 5.19. The maximum atomic E-state index is 12.7. The molecule has 0 heterocycles. The Morgan fingerprint density at radius 3 is 2.60 bits per heavy atom. The van der Waals surface area contributed by atoms with Crippen molar-refractivity contribution in [1.29, 1.82) is 0 Å². The number of carbonyl (C=O) groups is 1. The summed E-state index contributed by atoms with van der Waals surface area (Å²) in [5.74, 6) is -1.32. The van der Waals surface area contributed by atoms with Crippen LogP contribution < -0.4 is 5.32 Å². The average molecular weight is 296 g/mol. The zero-order chi connectivity index (χ0) is 15.2. The van der Waals surface area contributed by atoms with E-state index in [1.54, 1.807) is 0 Å². The number of hydrogen-bond acceptors (Lipinski definition) is 2. The highest BCUT2D eigenvalue weighted by Gasteiger charge is 2.42. The fraction of sp³-hybridized carbons (Fsp3) is 0.923. The first-order chi connectivity index (χ1) is 9.38. The molecule has 2 N–H and O–H groups in total. The minimum absolute atomic E-state index is 0.0473. The second-order valence-electron chi connectivity index (χ2n) is 5.26. The Bertz CT molecular complexity index is 304. The van der Waals surface area contributed by atoms with Crippen molar-refractivity contribution in [2.75, 3.05) is 19.7 Å². The molecular weight excluding hydrogens is 273 g/mol. The normalized spacial score (nSPS) is 23.4. The van der Waals surface area contributed by atoms with Crippen molar-refractivity contribution >= 4 is 6.03 Å². The van der Waals surface area contributed by atoms with Gasteiger partial charge in [-0.3, -0.25) is 0 Å². The molecule has 1 saturated carbocycles. The topological polar surface area (TPSA) is 52.6 Å². The number of rotatable bonds is 5. The van der Waals surface area contributed by atoms with Crippen molar-refractivity contribution in [1.82, 2.24) is 10.2 Å². The highest BCUT2D eigenvalue weighted by atomic mass is 19.4. The molecule has 1 aliphatic rings. The number of aliphatic hydroxyl groups is 1. The van der Waals surface area contributed by atoms with Gasteiger partial charge in [0, 0.05) is 19.1 Å². The lowest BCUT2D eigenvalue weighted by Crippen LogP contribution is -2.48. The molecule has 0 radical (unpaired) electrons. The van der Waals surface area contributed by atoms with Gasteiger partial charge in [-0.2, -0.15) is 13.2 Å². The number of carbonyl (C=O) groups excluding carboxylic acids is 1. The molecule has 0 aromatic carbocycles. The van der Waals surface area contributed by atoms with Crippen LogP contribution in [0.1, 0.15) is 39.0 Å². The van der Waals surface area contributed by atoms with E-state index in [0.717, 1.165) is 6.42 Å². The lowest BCUT2D eigenvalue weighted by molar-refractivity contribution is -0.183. The van der Waals surface area contributed by atoms with Crippen LogP contribution in [0.5, 0.6) is 0 Å². The first kappa shape index (κ1) is 17.1. The molecule has 0 aromatic rings. The molecule has 118 valence electrons. The monoisotopic (exact) mass is 296 g/mol. The summed E-state index contributed by atoms with van der Waals surface area (Å²) in [5, 5.41) is 11.6. The van der Waals surface area contributed by atoms with Gasteiger partial charge >= 0.3 is 12.2 Å². The van der Waals surface area contributed by atoms with E-state index in [4.69, 9.17) is 5.11 Å². The van der Waals surface area contributed by atoms with Crippen LogP contribution in [0.25, 0.3) is 0 Å². The Hall–Kier alpha value is -0.980. The number of urea groups is 1. The van der Waals surface area contributed by atoms with Gasteiger partial charge in [-0.15, -0.1) is 0 Å². The van der Waals surface area contributed by atoms with E-state index in [-0.39, 0.29) is 32.0 Å². The highest BCUT2D eigenvalue weighted by Crippen LogP contribution is 2.37. The van der Waals surface area contributed by atoms with Crippen LogP contribution in [0.2, 0.25) is 0 Å². The van der Waals surface area contributed by atoms with E-state index in [9.17, 15) is 18.0 Å². The second-order valence-corrected chi connectivity index (χ2v) is 5.26. The molecule has 1 rings (SSSR count). The standard InChI is InChI=1S/C13H23F3N2O2/c1-2-6-18(7-8-19)12(20)17-11-5-3-4-10(9-11)13(14,15)16/h10-11,19H,2-9H2,1H3,(H,17,20). The van der Waals surface area contributed by atoms with Crippen molar-refractivity contribution in [2.24, 2.45) is 5.92 Å². The predicted molar refractivity (Wildman–Crippen MR) is 69.3 cm³/mol. The summed E-state index contributed by atoms with van der Waals surface area (Å²) in [6, 6.07) is -0.811. The van der Waals surface area contributed by atoms with Gasteiger partial charge in [0.2, 0.25) is 0 Å².